The van der Waals surface area contributed by atoms with Crippen molar-refractivity contribution in [1.82, 2.24) is 14.8 Å². The molecule has 0 radical (unpaired) electrons. The zero-order chi connectivity index (χ0) is 17.3. The number of likely N-dealkylation sites (tertiary alicyclic amines) is 1. The normalized spacial score (nSPS) is 16.5. The predicted octanol–water partition coefficient (Wildman–Crippen LogP) is 3.50. The number of rotatable bonds is 3. The SMILES string of the molecule is Cc1c(Cl)c(CN2CCC(C(=O)N(C)C)CC2)nc2ccccc12. The minimum absolute atomic E-state index is 0.151. The summed E-state index contributed by atoms with van der Waals surface area (Å²) in [5.74, 6) is 0.394. The summed E-state index contributed by atoms with van der Waals surface area (Å²) in [6, 6.07) is 8.11. The van der Waals surface area contributed by atoms with Crippen LogP contribution in [-0.4, -0.2) is 47.9 Å². The largest absolute Gasteiger partial charge is 0.349 e. The Morgan fingerprint density at radius 2 is 1.96 bits per heavy atom. The van der Waals surface area contributed by atoms with Crippen molar-refractivity contribution in [2.24, 2.45) is 5.92 Å². The first-order valence-corrected chi connectivity index (χ1v) is 8.82. The van der Waals surface area contributed by atoms with Crippen molar-refractivity contribution in [2.45, 2.75) is 26.3 Å². The fourth-order valence-corrected chi connectivity index (χ4v) is 3.64. The molecule has 4 nitrogen and oxygen atoms in total. The van der Waals surface area contributed by atoms with Gasteiger partial charge in [-0.1, -0.05) is 29.8 Å². The van der Waals surface area contributed by atoms with Gasteiger partial charge in [0, 0.05) is 31.9 Å². The molecule has 1 amide bonds. The van der Waals surface area contributed by atoms with E-state index in [2.05, 4.69) is 17.9 Å². The monoisotopic (exact) mass is 345 g/mol. The Morgan fingerprint density at radius 3 is 2.62 bits per heavy atom. The van der Waals surface area contributed by atoms with Gasteiger partial charge in [0.15, 0.2) is 0 Å². The Labute approximate surface area is 148 Å². The van der Waals surface area contributed by atoms with E-state index in [-0.39, 0.29) is 11.8 Å². The molecule has 1 aliphatic rings. The van der Waals surface area contributed by atoms with E-state index in [1.807, 2.05) is 32.3 Å². The molecule has 0 unspecified atom stereocenters. The van der Waals surface area contributed by atoms with Gasteiger partial charge in [0.2, 0.25) is 5.91 Å². The average Bonchev–Trinajstić information content (AvgIpc) is 2.59. The van der Waals surface area contributed by atoms with Crippen LogP contribution in [0.25, 0.3) is 10.9 Å². The Kier molecular flexibility index (Phi) is 5.07. The van der Waals surface area contributed by atoms with E-state index in [4.69, 9.17) is 16.6 Å². The van der Waals surface area contributed by atoms with Gasteiger partial charge in [-0.25, -0.2) is 4.98 Å². The summed E-state index contributed by atoms with van der Waals surface area (Å²) < 4.78 is 0. The predicted molar refractivity (Wildman–Crippen MR) is 98.2 cm³/mol. The van der Waals surface area contributed by atoms with Crippen LogP contribution in [0.1, 0.15) is 24.1 Å². The number of para-hydroxylation sites is 1. The second kappa shape index (κ2) is 7.08. The summed E-state index contributed by atoms with van der Waals surface area (Å²) in [6.45, 7) is 4.62. The molecule has 0 saturated carbocycles. The van der Waals surface area contributed by atoms with Crippen LogP contribution in [0, 0.1) is 12.8 Å². The van der Waals surface area contributed by atoms with Crippen LogP contribution in [0.5, 0.6) is 0 Å². The highest BCUT2D eigenvalue weighted by Gasteiger charge is 2.26. The van der Waals surface area contributed by atoms with E-state index in [1.165, 1.54) is 0 Å². The molecule has 1 aromatic carbocycles. The maximum atomic E-state index is 12.1. The first-order valence-electron chi connectivity index (χ1n) is 8.44. The molecule has 2 aromatic rings. The van der Waals surface area contributed by atoms with Crippen LogP contribution in [-0.2, 0) is 11.3 Å². The number of benzene rings is 1. The topological polar surface area (TPSA) is 36.4 Å². The molecule has 0 atom stereocenters. The van der Waals surface area contributed by atoms with Crippen LogP contribution in [0.3, 0.4) is 0 Å². The third kappa shape index (κ3) is 3.40. The number of fused-ring (bicyclic) bond motifs is 1. The summed E-state index contributed by atoms with van der Waals surface area (Å²) in [5, 5.41) is 1.88. The van der Waals surface area contributed by atoms with Crippen molar-refractivity contribution >= 4 is 28.4 Å². The number of halogens is 1. The van der Waals surface area contributed by atoms with E-state index in [9.17, 15) is 4.79 Å². The zero-order valence-electron chi connectivity index (χ0n) is 14.6. The quantitative estimate of drug-likeness (QED) is 0.854. The molecular weight excluding hydrogens is 322 g/mol. The standard InChI is InChI=1S/C19H24ClN3O/c1-13-15-6-4-5-7-16(15)21-17(18(13)20)12-23-10-8-14(9-11-23)19(24)22(2)3/h4-7,14H,8-12H2,1-3H3. The highest BCUT2D eigenvalue weighted by Crippen LogP contribution is 2.29. The van der Waals surface area contributed by atoms with Gasteiger partial charge in [-0.05, 0) is 44.5 Å². The molecule has 0 spiro atoms. The van der Waals surface area contributed by atoms with Crippen molar-refractivity contribution in [3.8, 4) is 0 Å². The third-order valence-electron chi connectivity index (χ3n) is 4.90. The maximum absolute atomic E-state index is 12.1. The van der Waals surface area contributed by atoms with Gasteiger partial charge in [-0.15, -0.1) is 0 Å². The summed E-state index contributed by atoms with van der Waals surface area (Å²) in [6.07, 6.45) is 1.81. The van der Waals surface area contributed by atoms with Gasteiger partial charge in [-0.3, -0.25) is 9.69 Å². The molecule has 128 valence electrons. The average molecular weight is 346 g/mol. The minimum Gasteiger partial charge on any atom is -0.349 e. The van der Waals surface area contributed by atoms with Crippen LogP contribution < -0.4 is 0 Å². The molecule has 3 rings (SSSR count). The lowest BCUT2D eigenvalue weighted by Gasteiger charge is -2.32. The van der Waals surface area contributed by atoms with E-state index in [0.717, 1.165) is 59.7 Å². The third-order valence-corrected chi connectivity index (χ3v) is 5.40. The number of carbonyl (C=O) groups is 1. The molecular formula is C19H24ClN3O. The molecule has 24 heavy (non-hydrogen) atoms. The summed E-state index contributed by atoms with van der Waals surface area (Å²) >= 11 is 6.56. The molecule has 0 bridgehead atoms. The summed E-state index contributed by atoms with van der Waals surface area (Å²) in [7, 11) is 3.66. The number of piperidine rings is 1. The van der Waals surface area contributed by atoms with Gasteiger partial charge in [-0.2, -0.15) is 0 Å². The van der Waals surface area contributed by atoms with Gasteiger partial charge in [0.25, 0.3) is 0 Å². The molecule has 1 fully saturated rings. The van der Waals surface area contributed by atoms with Crippen LogP contribution in [0.15, 0.2) is 24.3 Å². The fourth-order valence-electron chi connectivity index (χ4n) is 3.44. The molecule has 2 heterocycles. The lowest BCUT2D eigenvalue weighted by Crippen LogP contribution is -2.39. The number of hydrogen-bond acceptors (Lipinski definition) is 3. The molecule has 1 saturated heterocycles. The van der Waals surface area contributed by atoms with Crippen molar-refractivity contribution in [3.63, 3.8) is 0 Å². The van der Waals surface area contributed by atoms with Gasteiger partial charge in [0.1, 0.15) is 0 Å². The van der Waals surface area contributed by atoms with Gasteiger partial charge >= 0.3 is 0 Å². The van der Waals surface area contributed by atoms with Gasteiger partial charge < -0.3 is 4.90 Å². The molecule has 0 N–H and O–H groups in total. The Hall–Kier alpha value is -1.65. The highest BCUT2D eigenvalue weighted by atomic mass is 35.5. The van der Waals surface area contributed by atoms with Gasteiger partial charge in [0.05, 0.1) is 16.2 Å². The van der Waals surface area contributed by atoms with Crippen LogP contribution in [0.2, 0.25) is 5.02 Å². The Bertz CT molecular complexity index is 752. The number of aromatic nitrogens is 1. The second-order valence-corrected chi connectivity index (χ2v) is 7.18. The van der Waals surface area contributed by atoms with Crippen molar-refractivity contribution in [1.29, 1.82) is 0 Å². The number of nitrogens with zero attached hydrogens (tertiary/aromatic N) is 3. The Balaban J connectivity index is 1.73. The van der Waals surface area contributed by atoms with E-state index in [1.54, 1.807) is 4.90 Å². The number of pyridine rings is 1. The second-order valence-electron chi connectivity index (χ2n) is 6.80. The molecule has 5 heteroatoms. The van der Waals surface area contributed by atoms with E-state index in [0.29, 0.717) is 0 Å². The highest BCUT2D eigenvalue weighted by molar-refractivity contribution is 6.32. The lowest BCUT2D eigenvalue weighted by atomic mass is 9.95. The van der Waals surface area contributed by atoms with Crippen molar-refractivity contribution in [2.75, 3.05) is 27.2 Å². The van der Waals surface area contributed by atoms with E-state index >= 15 is 0 Å². The van der Waals surface area contributed by atoms with Crippen molar-refractivity contribution < 1.29 is 4.79 Å². The molecule has 1 aromatic heterocycles. The molecule has 0 aliphatic carbocycles. The minimum atomic E-state index is 0.151. The van der Waals surface area contributed by atoms with Crippen molar-refractivity contribution in [3.05, 3.63) is 40.5 Å². The zero-order valence-corrected chi connectivity index (χ0v) is 15.3. The summed E-state index contributed by atoms with van der Waals surface area (Å²) in [4.78, 5) is 20.9. The number of amides is 1. The number of hydrogen-bond donors (Lipinski definition) is 0. The first-order chi connectivity index (χ1) is 11.5. The lowest BCUT2D eigenvalue weighted by molar-refractivity contribution is -0.134. The molecule has 1 aliphatic heterocycles. The van der Waals surface area contributed by atoms with Crippen LogP contribution in [0.4, 0.5) is 0 Å². The number of carbonyl (C=O) groups excluding carboxylic acids is 1. The first kappa shape index (κ1) is 17.2. The fraction of sp³-hybridized carbons (Fsp3) is 0.474. The van der Waals surface area contributed by atoms with Crippen LogP contribution >= 0.6 is 11.6 Å². The smallest absolute Gasteiger partial charge is 0.225 e. The summed E-state index contributed by atoms with van der Waals surface area (Å²) in [5.41, 5.74) is 3.02. The van der Waals surface area contributed by atoms with E-state index < -0.39 is 0 Å². The maximum Gasteiger partial charge on any atom is 0.225 e. The number of aryl methyl sites for hydroxylation is 1. The Morgan fingerprint density at radius 1 is 1.29 bits per heavy atom.